The average Bonchev–Trinajstić information content (AvgIpc) is 2.93. The summed E-state index contributed by atoms with van der Waals surface area (Å²) >= 11 is 0. The molecule has 3 heterocycles. The van der Waals surface area contributed by atoms with Gasteiger partial charge in [0.25, 0.3) is 10.1 Å². The standard InChI is InChI=1S/C14H22O6S/c1-7(2)13(8(3)4)10-6-9-11(19-10)14(13,12(15)18-5)21(16,17)20-9/h7-11H,6H2,1-5H3. The molecule has 3 aliphatic rings. The van der Waals surface area contributed by atoms with E-state index in [0.717, 1.165) is 0 Å². The molecule has 2 bridgehead atoms. The molecule has 0 amide bonds. The van der Waals surface area contributed by atoms with Crippen molar-refractivity contribution < 1.29 is 26.9 Å². The van der Waals surface area contributed by atoms with E-state index in [0.29, 0.717) is 6.42 Å². The van der Waals surface area contributed by atoms with Crippen molar-refractivity contribution in [2.24, 2.45) is 17.3 Å². The third-order valence-corrected chi connectivity index (χ3v) is 7.76. The summed E-state index contributed by atoms with van der Waals surface area (Å²) in [6.07, 6.45) is -1.11. The van der Waals surface area contributed by atoms with Crippen molar-refractivity contribution in [3.05, 3.63) is 0 Å². The molecule has 0 aromatic carbocycles. The van der Waals surface area contributed by atoms with Gasteiger partial charge in [0.1, 0.15) is 12.2 Å². The number of fused-ring (bicyclic) bond motifs is 1. The van der Waals surface area contributed by atoms with Gasteiger partial charge >= 0.3 is 5.97 Å². The predicted octanol–water partition coefficient (Wildman–Crippen LogP) is 1.10. The normalized spacial score (nSPS) is 42.0. The van der Waals surface area contributed by atoms with Crippen LogP contribution in [0.4, 0.5) is 0 Å². The zero-order valence-corrected chi connectivity index (χ0v) is 13.8. The first-order chi connectivity index (χ1) is 9.67. The highest BCUT2D eigenvalue weighted by molar-refractivity contribution is 7.89. The number of rotatable bonds is 3. The van der Waals surface area contributed by atoms with Crippen LogP contribution in [0, 0.1) is 17.3 Å². The molecule has 0 radical (unpaired) electrons. The van der Waals surface area contributed by atoms with E-state index >= 15 is 0 Å². The monoisotopic (exact) mass is 318 g/mol. The van der Waals surface area contributed by atoms with Crippen LogP contribution in [-0.4, -0.2) is 44.6 Å². The number of carbonyl (C=O) groups is 1. The molecule has 3 rings (SSSR count). The van der Waals surface area contributed by atoms with E-state index in [9.17, 15) is 13.2 Å². The van der Waals surface area contributed by atoms with Crippen LogP contribution in [0.2, 0.25) is 0 Å². The quantitative estimate of drug-likeness (QED) is 0.573. The SMILES string of the molecule is COC(=O)C12C3OC(CC3OS1(=O)=O)C2(C(C)C)C(C)C. The lowest BCUT2D eigenvalue weighted by atomic mass is 9.54. The van der Waals surface area contributed by atoms with Gasteiger partial charge < -0.3 is 9.47 Å². The van der Waals surface area contributed by atoms with Crippen LogP contribution in [0.15, 0.2) is 0 Å². The fraction of sp³-hybridized carbons (Fsp3) is 0.929. The molecule has 21 heavy (non-hydrogen) atoms. The molecule has 3 aliphatic heterocycles. The topological polar surface area (TPSA) is 78.9 Å². The van der Waals surface area contributed by atoms with E-state index in [1.165, 1.54) is 7.11 Å². The number of hydrogen-bond acceptors (Lipinski definition) is 6. The Hall–Kier alpha value is -0.660. The molecular formula is C14H22O6S. The van der Waals surface area contributed by atoms with Crippen LogP contribution in [0.3, 0.4) is 0 Å². The van der Waals surface area contributed by atoms with Gasteiger partial charge in [-0.3, -0.25) is 8.98 Å². The Kier molecular flexibility index (Phi) is 3.05. The summed E-state index contributed by atoms with van der Waals surface area (Å²) in [4.78, 5) is 12.7. The van der Waals surface area contributed by atoms with Crippen molar-refractivity contribution >= 4 is 16.1 Å². The van der Waals surface area contributed by atoms with Crippen LogP contribution < -0.4 is 0 Å². The van der Waals surface area contributed by atoms with Crippen molar-refractivity contribution in [2.75, 3.05) is 7.11 Å². The van der Waals surface area contributed by atoms with Crippen LogP contribution in [0.1, 0.15) is 34.1 Å². The highest BCUT2D eigenvalue weighted by Crippen LogP contribution is 2.68. The van der Waals surface area contributed by atoms with E-state index in [2.05, 4.69) is 0 Å². The molecule has 0 aromatic rings. The Labute approximate surface area is 125 Å². The van der Waals surface area contributed by atoms with Crippen molar-refractivity contribution in [1.82, 2.24) is 0 Å². The van der Waals surface area contributed by atoms with E-state index in [1.807, 2.05) is 27.7 Å². The van der Waals surface area contributed by atoms with Crippen LogP contribution >= 0.6 is 0 Å². The molecule has 4 atom stereocenters. The molecule has 120 valence electrons. The number of carbonyl (C=O) groups excluding carboxylic acids is 1. The molecule has 0 N–H and O–H groups in total. The molecular weight excluding hydrogens is 296 g/mol. The smallest absolute Gasteiger partial charge is 0.333 e. The minimum Gasteiger partial charge on any atom is -0.468 e. The van der Waals surface area contributed by atoms with E-state index in [4.69, 9.17) is 13.7 Å². The van der Waals surface area contributed by atoms with Crippen molar-refractivity contribution in [1.29, 1.82) is 0 Å². The second kappa shape index (κ2) is 4.20. The van der Waals surface area contributed by atoms with E-state index < -0.39 is 38.5 Å². The van der Waals surface area contributed by atoms with Gasteiger partial charge in [-0.2, -0.15) is 8.42 Å². The van der Waals surface area contributed by atoms with Gasteiger partial charge in [0.15, 0.2) is 0 Å². The van der Waals surface area contributed by atoms with Gasteiger partial charge in [-0.05, 0) is 11.8 Å². The fourth-order valence-corrected chi connectivity index (χ4v) is 7.78. The second-order valence-electron chi connectivity index (χ2n) is 6.84. The second-order valence-corrected chi connectivity index (χ2v) is 8.58. The van der Waals surface area contributed by atoms with Gasteiger partial charge in [-0.15, -0.1) is 0 Å². The highest BCUT2D eigenvalue weighted by atomic mass is 32.2. The number of methoxy groups -OCH3 is 1. The van der Waals surface area contributed by atoms with E-state index in [-0.39, 0.29) is 17.9 Å². The summed E-state index contributed by atoms with van der Waals surface area (Å²) in [6, 6.07) is 0. The first kappa shape index (κ1) is 15.2. The fourth-order valence-electron chi connectivity index (χ4n) is 5.31. The summed E-state index contributed by atoms with van der Waals surface area (Å²) in [5.74, 6) is -0.882. The Balaban J connectivity index is 2.37. The Morgan fingerprint density at radius 3 is 2.29 bits per heavy atom. The van der Waals surface area contributed by atoms with Gasteiger partial charge in [-0.1, -0.05) is 27.7 Å². The molecule has 7 heteroatoms. The molecule has 0 saturated carbocycles. The Bertz CT molecular complexity index is 572. The van der Waals surface area contributed by atoms with Crippen LogP contribution in [-0.2, 0) is 28.6 Å². The van der Waals surface area contributed by atoms with Crippen molar-refractivity contribution in [3.63, 3.8) is 0 Å². The van der Waals surface area contributed by atoms with Crippen LogP contribution in [0.25, 0.3) is 0 Å². The molecule has 0 spiro atoms. The first-order valence-corrected chi connectivity index (χ1v) is 8.75. The summed E-state index contributed by atoms with van der Waals surface area (Å²) in [5, 5.41) is 0. The maximum absolute atomic E-state index is 12.8. The largest absolute Gasteiger partial charge is 0.468 e. The third-order valence-electron chi connectivity index (χ3n) is 5.72. The third kappa shape index (κ3) is 1.32. The molecule has 4 unspecified atom stereocenters. The van der Waals surface area contributed by atoms with Gasteiger partial charge in [0.05, 0.1) is 13.2 Å². The minimum atomic E-state index is -4.10. The first-order valence-electron chi connectivity index (χ1n) is 7.34. The lowest BCUT2D eigenvalue weighted by Crippen LogP contribution is -2.67. The summed E-state index contributed by atoms with van der Waals surface area (Å²) in [5.41, 5.74) is -0.837. The van der Waals surface area contributed by atoms with E-state index in [1.54, 1.807) is 0 Å². The summed E-state index contributed by atoms with van der Waals surface area (Å²) < 4.78 is 40.0. The highest BCUT2D eigenvalue weighted by Gasteiger charge is 2.87. The molecule has 0 aromatic heterocycles. The van der Waals surface area contributed by atoms with Crippen LogP contribution in [0.5, 0.6) is 0 Å². The van der Waals surface area contributed by atoms with Gasteiger partial charge in [0, 0.05) is 11.8 Å². The summed E-state index contributed by atoms with van der Waals surface area (Å²) in [6.45, 7) is 7.77. The number of hydrogen-bond donors (Lipinski definition) is 0. The van der Waals surface area contributed by atoms with Crippen molar-refractivity contribution in [3.8, 4) is 0 Å². The lowest BCUT2D eigenvalue weighted by Gasteiger charge is -2.49. The Morgan fingerprint density at radius 1 is 1.24 bits per heavy atom. The number of ether oxygens (including phenoxy) is 2. The predicted molar refractivity (Wildman–Crippen MR) is 73.9 cm³/mol. The molecule has 6 nitrogen and oxygen atoms in total. The minimum absolute atomic E-state index is 0.0657. The summed E-state index contributed by atoms with van der Waals surface area (Å²) in [7, 11) is -2.88. The number of esters is 1. The average molecular weight is 318 g/mol. The molecule has 3 saturated heterocycles. The van der Waals surface area contributed by atoms with Crippen molar-refractivity contribution in [2.45, 2.75) is 57.2 Å². The van der Waals surface area contributed by atoms with Gasteiger partial charge in [0.2, 0.25) is 4.75 Å². The zero-order chi connectivity index (χ0) is 15.8. The Morgan fingerprint density at radius 2 is 1.81 bits per heavy atom. The zero-order valence-electron chi connectivity index (χ0n) is 13.0. The van der Waals surface area contributed by atoms with Gasteiger partial charge in [-0.25, -0.2) is 0 Å². The lowest BCUT2D eigenvalue weighted by molar-refractivity contribution is -0.151. The molecule has 3 fully saturated rings. The molecule has 0 aliphatic carbocycles. The maximum atomic E-state index is 12.8. The maximum Gasteiger partial charge on any atom is 0.333 e.